The Balaban J connectivity index is 2.53. The molecule has 0 bridgehead atoms. The molecule has 1 aromatic rings. The minimum Gasteiger partial charge on any atom is -0.375 e. The predicted molar refractivity (Wildman–Crippen MR) is 63.3 cm³/mol. The lowest BCUT2D eigenvalue weighted by atomic mass is 10.2. The molecule has 102 valence electrons. The summed E-state index contributed by atoms with van der Waals surface area (Å²) in [5.74, 6) is -0.250. The number of nitrogens with zero attached hydrogens (tertiary/aromatic N) is 2. The number of carbonyl (C=O) groups is 1. The van der Waals surface area contributed by atoms with Gasteiger partial charge < -0.3 is 4.74 Å². The van der Waals surface area contributed by atoms with Crippen molar-refractivity contribution in [3.63, 3.8) is 0 Å². The summed E-state index contributed by atoms with van der Waals surface area (Å²) in [4.78, 5) is 11.9. The van der Waals surface area contributed by atoms with Gasteiger partial charge in [-0.25, -0.2) is 8.78 Å². The average molecular weight is 281 g/mol. The van der Waals surface area contributed by atoms with Crippen molar-refractivity contribution in [3.8, 4) is 0 Å². The number of hydrogen-bond acceptors (Lipinski definition) is 3. The fraction of sp³-hybridized carbons (Fsp3) is 0.636. The Hall–Kier alpha value is -1.01. The maximum atomic E-state index is 11.9. The molecule has 0 atom stereocenters. The summed E-state index contributed by atoms with van der Waals surface area (Å²) < 4.78 is 29.8. The van der Waals surface area contributed by atoms with Crippen LogP contribution in [0.3, 0.4) is 0 Å². The summed E-state index contributed by atoms with van der Waals surface area (Å²) in [6.45, 7) is 1.84. The zero-order chi connectivity index (χ0) is 13.5. The Morgan fingerprint density at radius 3 is 2.94 bits per heavy atom. The van der Waals surface area contributed by atoms with Gasteiger partial charge in [0, 0.05) is 13.0 Å². The van der Waals surface area contributed by atoms with Crippen LogP contribution < -0.4 is 0 Å². The van der Waals surface area contributed by atoms with E-state index < -0.39 is 13.0 Å². The maximum Gasteiger partial charge on any atom is 0.261 e. The minimum atomic E-state index is -2.52. The average Bonchev–Trinajstić information content (AvgIpc) is 2.66. The zero-order valence-electron chi connectivity index (χ0n) is 10.0. The number of rotatable bonds is 8. The first-order chi connectivity index (χ1) is 8.56. The number of aromatic nitrogens is 2. The van der Waals surface area contributed by atoms with Gasteiger partial charge in [-0.1, -0.05) is 18.5 Å². The van der Waals surface area contributed by atoms with Crippen molar-refractivity contribution in [2.75, 3.05) is 13.2 Å². The second kappa shape index (κ2) is 7.43. The minimum absolute atomic E-state index is 0.0157. The van der Waals surface area contributed by atoms with Crippen molar-refractivity contribution in [2.45, 2.75) is 32.7 Å². The summed E-state index contributed by atoms with van der Waals surface area (Å²) in [5.41, 5.74) is 0.319. The molecule has 0 aromatic carbocycles. The van der Waals surface area contributed by atoms with E-state index in [1.54, 1.807) is 0 Å². The van der Waals surface area contributed by atoms with Gasteiger partial charge >= 0.3 is 0 Å². The first-order valence-electron chi connectivity index (χ1n) is 5.66. The van der Waals surface area contributed by atoms with Gasteiger partial charge in [0.25, 0.3) is 6.43 Å². The molecule has 0 N–H and O–H groups in total. The van der Waals surface area contributed by atoms with E-state index in [-0.39, 0.29) is 23.8 Å². The summed E-state index contributed by atoms with van der Waals surface area (Å²) in [6, 6.07) is 0. The highest BCUT2D eigenvalue weighted by Gasteiger charge is 2.17. The van der Waals surface area contributed by atoms with Crippen LogP contribution in [0, 0.1) is 0 Å². The fourth-order valence-corrected chi connectivity index (χ4v) is 1.72. The van der Waals surface area contributed by atoms with Crippen molar-refractivity contribution >= 4 is 17.4 Å². The molecule has 1 rings (SSSR count). The van der Waals surface area contributed by atoms with Gasteiger partial charge in [-0.2, -0.15) is 5.10 Å². The van der Waals surface area contributed by atoms with Crippen LogP contribution in [0.1, 0.15) is 30.3 Å². The van der Waals surface area contributed by atoms with E-state index in [4.69, 9.17) is 11.6 Å². The Morgan fingerprint density at radius 2 is 2.33 bits per heavy atom. The second-order valence-corrected chi connectivity index (χ2v) is 4.11. The molecule has 0 saturated carbocycles. The third-order valence-electron chi connectivity index (χ3n) is 2.21. The second-order valence-electron chi connectivity index (χ2n) is 3.70. The van der Waals surface area contributed by atoms with Crippen LogP contribution in [0.15, 0.2) is 6.20 Å². The van der Waals surface area contributed by atoms with E-state index >= 15 is 0 Å². The van der Waals surface area contributed by atoms with E-state index in [0.29, 0.717) is 12.2 Å². The molecule has 18 heavy (non-hydrogen) atoms. The number of Topliss-reactive ketones (excluding diaryl/α,β-unsaturated/α-hetero) is 1. The largest absolute Gasteiger partial charge is 0.375 e. The Bertz CT molecular complexity index is 396. The summed E-state index contributed by atoms with van der Waals surface area (Å²) in [5, 5.41) is 4.27. The van der Waals surface area contributed by atoms with E-state index in [1.165, 1.54) is 10.9 Å². The van der Waals surface area contributed by atoms with Gasteiger partial charge in [0.1, 0.15) is 12.3 Å². The van der Waals surface area contributed by atoms with E-state index in [2.05, 4.69) is 9.84 Å². The normalized spacial score (nSPS) is 11.2. The van der Waals surface area contributed by atoms with Gasteiger partial charge in [0.15, 0.2) is 5.78 Å². The third kappa shape index (κ3) is 4.34. The molecule has 1 aromatic heterocycles. The van der Waals surface area contributed by atoms with Crippen LogP contribution in [0.5, 0.6) is 0 Å². The molecule has 0 saturated heterocycles. The van der Waals surface area contributed by atoms with Crippen molar-refractivity contribution in [1.29, 1.82) is 0 Å². The van der Waals surface area contributed by atoms with E-state index in [1.807, 2.05) is 6.92 Å². The molecule has 0 spiro atoms. The molecule has 0 aliphatic heterocycles. The predicted octanol–water partition coefficient (Wildman–Crippen LogP) is 2.80. The molecule has 0 unspecified atom stereocenters. The number of carbonyl (C=O) groups excluding carboxylic acids is 1. The molecule has 0 aliphatic carbocycles. The molecule has 0 aliphatic rings. The Labute approximate surface area is 109 Å². The Kier molecular flexibility index (Phi) is 6.21. The molecule has 1 heterocycles. The first kappa shape index (κ1) is 15.0. The molecular formula is C11H15ClF2N2O2. The smallest absolute Gasteiger partial charge is 0.261 e. The zero-order valence-corrected chi connectivity index (χ0v) is 10.8. The number of ether oxygens (including phenoxy) is 1. The van der Waals surface area contributed by atoms with Crippen LogP contribution in [0.4, 0.5) is 8.78 Å². The van der Waals surface area contributed by atoms with Gasteiger partial charge in [-0.05, 0) is 6.42 Å². The van der Waals surface area contributed by atoms with Crippen molar-refractivity contribution in [1.82, 2.24) is 9.78 Å². The van der Waals surface area contributed by atoms with Crippen molar-refractivity contribution in [2.24, 2.45) is 0 Å². The molecule has 0 fully saturated rings. The van der Waals surface area contributed by atoms with Crippen LogP contribution in [0.25, 0.3) is 0 Å². The van der Waals surface area contributed by atoms with Crippen LogP contribution >= 0.6 is 11.6 Å². The maximum absolute atomic E-state index is 11.9. The van der Waals surface area contributed by atoms with E-state index in [0.717, 1.165) is 6.42 Å². The van der Waals surface area contributed by atoms with E-state index in [9.17, 15) is 13.6 Å². The fourth-order valence-electron chi connectivity index (χ4n) is 1.48. The monoisotopic (exact) mass is 280 g/mol. The molecule has 7 heteroatoms. The summed E-state index contributed by atoms with van der Waals surface area (Å²) in [6.07, 6.45) is -0.277. The number of alkyl halides is 2. The molecular weight excluding hydrogens is 266 g/mol. The lowest BCUT2D eigenvalue weighted by Gasteiger charge is -2.06. The van der Waals surface area contributed by atoms with Gasteiger partial charge in [0.2, 0.25) is 0 Å². The Morgan fingerprint density at radius 1 is 1.61 bits per heavy atom. The highest BCUT2D eigenvalue weighted by Crippen LogP contribution is 2.17. The summed E-state index contributed by atoms with van der Waals surface area (Å²) >= 11 is 5.87. The highest BCUT2D eigenvalue weighted by atomic mass is 35.5. The number of halogens is 3. The molecule has 0 amide bonds. The highest BCUT2D eigenvalue weighted by molar-refractivity contribution is 6.33. The quantitative estimate of drug-likeness (QED) is 0.543. The van der Waals surface area contributed by atoms with Gasteiger partial charge in [-0.3, -0.25) is 9.48 Å². The first-order valence-corrected chi connectivity index (χ1v) is 6.04. The standard InChI is InChI=1S/C11H15ClF2N2O2/c1-2-4-16-11(8(12)6-15-16)9(17)3-5-18-7-10(13)14/h6,10H,2-5,7H2,1H3. The van der Waals surface area contributed by atoms with Gasteiger partial charge in [-0.15, -0.1) is 0 Å². The third-order valence-corrected chi connectivity index (χ3v) is 2.49. The molecule has 4 nitrogen and oxygen atoms in total. The van der Waals surface area contributed by atoms with Crippen LogP contribution in [0.2, 0.25) is 5.02 Å². The SMILES string of the molecule is CCCn1ncc(Cl)c1C(=O)CCOCC(F)F. The van der Waals surface area contributed by atoms with Crippen molar-refractivity contribution < 1.29 is 18.3 Å². The number of ketones is 1. The van der Waals surface area contributed by atoms with Gasteiger partial charge in [0.05, 0.1) is 17.8 Å². The summed E-state index contributed by atoms with van der Waals surface area (Å²) in [7, 11) is 0. The van der Waals surface area contributed by atoms with Crippen LogP contribution in [-0.4, -0.2) is 35.2 Å². The molecule has 0 radical (unpaired) electrons. The lowest BCUT2D eigenvalue weighted by Crippen LogP contribution is -2.14. The number of aryl methyl sites for hydroxylation is 1. The number of hydrogen-bond donors (Lipinski definition) is 0. The topological polar surface area (TPSA) is 44.1 Å². The van der Waals surface area contributed by atoms with Crippen molar-refractivity contribution in [3.05, 3.63) is 16.9 Å². The van der Waals surface area contributed by atoms with Crippen LogP contribution in [-0.2, 0) is 11.3 Å². The lowest BCUT2D eigenvalue weighted by molar-refractivity contribution is 0.0169.